The van der Waals surface area contributed by atoms with Crippen LogP contribution in [0.25, 0.3) is 11.3 Å². The molecule has 1 N–H and O–H groups in total. The first kappa shape index (κ1) is 18.3. The molecule has 2 heterocycles. The van der Waals surface area contributed by atoms with Gasteiger partial charge in [0, 0.05) is 36.0 Å². The number of rotatable bonds is 6. The number of nitrogens with one attached hydrogen (secondary N) is 1. The Hall–Kier alpha value is -2.51. The average molecular weight is 373 g/mol. The van der Waals surface area contributed by atoms with Crippen LogP contribution >= 0.6 is 11.3 Å². The van der Waals surface area contributed by atoms with Gasteiger partial charge in [-0.1, -0.05) is 0 Å². The van der Waals surface area contributed by atoms with E-state index in [1.165, 1.54) is 21.7 Å². The zero-order chi connectivity index (χ0) is 18.7. The number of methoxy groups -OCH3 is 1. The molecule has 0 radical (unpaired) electrons. The van der Waals surface area contributed by atoms with Crippen molar-refractivity contribution in [2.24, 2.45) is 7.05 Å². The number of carbonyl (C=O) groups is 1. The Morgan fingerprint density at radius 3 is 2.65 bits per heavy atom. The minimum absolute atomic E-state index is 0.192. The first-order valence-corrected chi connectivity index (χ1v) is 8.97. The number of carbonyl (C=O) groups excluding carboxylic acids is 1. The van der Waals surface area contributed by atoms with Crippen LogP contribution in [0.1, 0.15) is 26.3 Å². The summed E-state index contributed by atoms with van der Waals surface area (Å²) >= 11 is 1.65. The summed E-state index contributed by atoms with van der Waals surface area (Å²) < 4.78 is 20.1. The molecular formula is C19H20FN3O2S. The minimum Gasteiger partial charge on any atom is -0.374 e. The van der Waals surface area contributed by atoms with Crippen molar-refractivity contribution in [1.82, 2.24) is 15.1 Å². The predicted octanol–water partition coefficient (Wildman–Crippen LogP) is 3.71. The highest BCUT2D eigenvalue weighted by atomic mass is 32.1. The minimum atomic E-state index is -0.308. The second-order valence-corrected chi connectivity index (χ2v) is 7.25. The van der Waals surface area contributed by atoms with Gasteiger partial charge in [0.05, 0.1) is 5.69 Å². The summed E-state index contributed by atoms with van der Waals surface area (Å²) in [5.74, 6) is -0.541. The topological polar surface area (TPSA) is 56.1 Å². The van der Waals surface area contributed by atoms with Gasteiger partial charge in [-0.2, -0.15) is 5.10 Å². The Morgan fingerprint density at radius 1 is 1.31 bits per heavy atom. The molecule has 1 atom stereocenters. The van der Waals surface area contributed by atoms with Crippen LogP contribution in [0.15, 0.2) is 42.5 Å². The largest absolute Gasteiger partial charge is 0.374 e. The number of amides is 1. The van der Waals surface area contributed by atoms with Gasteiger partial charge in [0.2, 0.25) is 0 Å². The number of aryl methyl sites for hydroxylation is 2. The third-order valence-electron chi connectivity index (χ3n) is 4.06. The molecule has 0 saturated carbocycles. The number of nitrogens with zero attached hydrogens (tertiary/aromatic N) is 2. The van der Waals surface area contributed by atoms with Crippen LogP contribution in [0.2, 0.25) is 0 Å². The van der Waals surface area contributed by atoms with E-state index in [9.17, 15) is 9.18 Å². The third-order valence-corrected chi connectivity index (χ3v) is 5.16. The molecule has 1 aromatic carbocycles. The van der Waals surface area contributed by atoms with Gasteiger partial charge in [0.25, 0.3) is 5.91 Å². The molecular weight excluding hydrogens is 353 g/mol. The Morgan fingerprint density at radius 2 is 2.04 bits per heavy atom. The molecule has 0 spiro atoms. The maximum atomic E-state index is 13.1. The van der Waals surface area contributed by atoms with Gasteiger partial charge in [0.1, 0.15) is 17.6 Å². The Kier molecular flexibility index (Phi) is 5.49. The third kappa shape index (κ3) is 4.00. The summed E-state index contributed by atoms with van der Waals surface area (Å²) in [6.45, 7) is 2.40. The molecule has 3 aromatic rings. The summed E-state index contributed by atoms with van der Waals surface area (Å²) in [5, 5.41) is 7.24. The smallest absolute Gasteiger partial charge is 0.269 e. The molecule has 2 aromatic heterocycles. The highest BCUT2D eigenvalue weighted by molar-refractivity contribution is 7.12. The van der Waals surface area contributed by atoms with Crippen molar-refractivity contribution in [2.45, 2.75) is 13.0 Å². The van der Waals surface area contributed by atoms with Crippen LogP contribution in [-0.2, 0) is 11.8 Å². The summed E-state index contributed by atoms with van der Waals surface area (Å²) in [6.07, 6.45) is -0.192. The van der Waals surface area contributed by atoms with Gasteiger partial charge in [-0.15, -0.1) is 11.3 Å². The van der Waals surface area contributed by atoms with E-state index in [0.29, 0.717) is 17.9 Å². The fraction of sp³-hybridized carbons (Fsp3) is 0.263. The van der Waals surface area contributed by atoms with Crippen molar-refractivity contribution >= 4 is 17.2 Å². The van der Waals surface area contributed by atoms with Crippen LogP contribution in [0, 0.1) is 12.7 Å². The van der Waals surface area contributed by atoms with Crippen LogP contribution in [-0.4, -0.2) is 29.3 Å². The molecule has 1 amide bonds. The molecule has 0 bridgehead atoms. The predicted molar refractivity (Wildman–Crippen MR) is 99.7 cm³/mol. The van der Waals surface area contributed by atoms with Crippen LogP contribution in [0.5, 0.6) is 0 Å². The molecule has 7 heteroatoms. The quantitative estimate of drug-likeness (QED) is 0.717. The number of hydrogen-bond acceptors (Lipinski definition) is 4. The molecule has 0 fully saturated rings. The number of hydrogen-bond donors (Lipinski definition) is 1. The van der Waals surface area contributed by atoms with E-state index < -0.39 is 0 Å². The maximum absolute atomic E-state index is 13.1. The van der Waals surface area contributed by atoms with Gasteiger partial charge in [-0.25, -0.2) is 4.39 Å². The molecule has 0 aliphatic rings. The van der Waals surface area contributed by atoms with Crippen molar-refractivity contribution < 1.29 is 13.9 Å². The Balaban J connectivity index is 1.70. The SMILES string of the molecule is CO[C@@H](CNC(=O)c1cc(-c2ccc(F)cc2)nn1C)c1ccc(C)s1. The summed E-state index contributed by atoms with van der Waals surface area (Å²) in [7, 11) is 3.33. The van der Waals surface area contributed by atoms with Crippen molar-refractivity contribution in [3.63, 3.8) is 0 Å². The van der Waals surface area contributed by atoms with E-state index in [0.717, 1.165) is 10.4 Å². The average Bonchev–Trinajstić information content (AvgIpc) is 3.22. The summed E-state index contributed by atoms with van der Waals surface area (Å²) in [5.41, 5.74) is 1.81. The molecule has 0 saturated heterocycles. The lowest BCUT2D eigenvalue weighted by molar-refractivity contribution is 0.0830. The highest BCUT2D eigenvalue weighted by Crippen LogP contribution is 2.25. The Bertz CT molecular complexity index is 902. The van der Waals surface area contributed by atoms with E-state index in [-0.39, 0.29) is 17.8 Å². The number of aromatic nitrogens is 2. The van der Waals surface area contributed by atoms with Gasteiger partial charge >= 0.3 is 0 Å². The fourth-order valence-corrected chi connectivity index (χ4v) is 3.60. The molecule has 0 aliphatic heterocycles. The first-order valence-electron chi connectivity index (χ1n) is 8.15. The lowest BCUT2D eigenvalue weighted by Crippen LogP contribution is -2.30. The van der Waals surface area contributed by atoms with E-state index in [2.05, 4.69) is 10.4 Å². The van der Waals surface area contributed by atoms with Gasteiger partial charge in [-0.05, 0) is 49.4 Å². The van der Waals surface area contributed by atoms with Crippen molar-refractivity contribution in [3.8, 4) is 11.3 Å². The van der Waals surface area contributed by atoms with Crippen LogP contribution in [0.3, 0.4) is 0 Å². The highest BCUT2D eigenvalue weighted by Gasteiger charge is 2.18. The number of benzene rings is 1. The molecule has 0 unspecified atom stereocenters. The molecule has 5 nitrogen and oxygen atoms in total. The second-order valence-electron chi connectivity index (χ2n) is 5.93. The normalized spacial score (nSPS) is 12.2. The fourth-order valence-electron chi connectivity index (χ4n) is 2.64. The number of ether oxygens (including phenoxy) is 1. The first-order chi connectivity index (χ1) is 12.5. The second kappa shape index (κ2) is 7.80. The van der Waals surface area contributed by atoms with Crippen molar-refractivity contribution in [2.75, 3.05) is 13.7 Å². The van der Waals surface area contributed by atoms with Crippen LogP contribution < -0.4 is 5.32 Å². The molecule has 3 rings (SSSR count). The number of halogens is 1. The van der Waals surface area contributed by atoms with Crippen molar-refractivity contribution in [1.29, 1.82) is 0 Å². The molecule has 26 heavy (non-hydrogen) atoms. The summed E-state index contributed by atoms with van der Waals surface area (Å²) in [6, 6.07) is 11.8. The lowest BCUT2D eigenvalue weighted by atomic mass is 10.1. The van der Waals surface area contributed by atoms with E-state index in [1.807, 2.05) is 19.1 Å². The zero-order valence-corrected chi connectivity index (χ0v) is 15.6. The molecule has 136 valence electrons. The Labute approximate surface area is 155 Å². The summed E-state index contributed by atoms with van der Waals surface area (Å²) in [4.78, 5) is 14.8. The van der Waals surface area contributed by atoms with Gasteiger partial charge in [-0.3, -0.25) is 9.48 Å². The number of thiophene rings is 1. The van der Waals surface area contributed by atoms with Gasteiger partial charge < -0.3 is 10.1 Å². The zero-order valence-electron chi connectivity index (χ0n) is 14.8. The van der Waals surface area contributed by atoms with E-state index >= 15 is 0 Å². The van der Waals surface area contributed by atoms with E-state index in [1.54, 1.807) is 43.7 Å². The maximum Gasteiger partial charge on any atom is 0.269 e. The monoisotopic (exact) mass is 373 g/mol. The van der Waals surface area contributed by atoms with Gasteiger partial charge in [0.15, 0.2) is 0 Å². The van der Waals surface area contributed by atoms with Crippen LogP contribution in [0.4, 0.5) is 4.39 Å². The lowest BCUT2D eigenvalue weighted by Gasteiger charge is -2.14. The molecule has 0 aliphatic carbocycles. The van der Waals surface area contributed by atoms with Crippen molar-refractivity contribution in [3.05, 3.63) is 63.7 Å². The van der Waals surface area contributed by atoms with E-state index in [4.69, 9.17) is 4.74 Å². The standard InChI is InChI=1S/C19H20FN3O2S/c1-12-4-9-18(26-12)17(25-3)11-21-19(24)16-10-15(22-23(16)2)13-5-7-14(20)8-6-13/h4-10,17H,11H2,1-3H3,(H,21,24)/t17-/m0/s1.